The summed E-state index contributed by atoms with van der Waals surface area (Å²) in [5.74, 6) is -2.48. The summed E-state index contributed by atoms with van der Waals surface area (Å²) >= 11 is 0. The van der Waals surface area contributed by atoms with Gasteiger partial charge in [-0.15, -0.1) is 0 Å². The van der Waals surface area contributed by atoms with Crippen LogP contribution in [0.4, 0.5) is 8.78 Å². The average molecular weight is 312 g/mol. The average Bonchev–Trinajstić information content (AvgIpc) is 3.30. The van der Waals surface area contributed by atoms with Gasteiger partial charge in [0.15, 0.2) is 11.6 Å². The Morgan fingerprint density at radius 1 is 1.45 bits per heavy atom. The molecule has 1 saturated heterocycles. The molecule has 0 amide bonds. The molecule has 22 heavy (non-hydrogen) atoms. The second-order valence-corrected chi connectivity index (χ2v) is 4.91. The predicted octanol–water partition coefficient (Wildman–Crippen LogP) is 3.02. The fourth-order valence-electron chi connectivity index (χ4n) is 1.93. The number of carbonyl (C=O) groups excluding carboxylic acids is 1. The van der Waals surface area contributed by atoms with Crippen LogP contribution in [0.5, 0.6) is 0 Å². The van der Waals surface area contributed by atoms with Crippen molar-refractivity contribution in [3.8, 4) is 0 Å². The second-order valence-electron chi connectivity index (χ2n) is 4.91. The van der Waals surface area contributed by atoms with Gasteiger partial charge in [0, 0.05) is 6.08 Å². The van der Waals surface area contributed by atoms with Crippen LogP contribution in [0.15, 0.2) is 18.2 Å². The second kappa shape index (κ2) is 7.47. The maximum absolute atomic E-state index is 13.5. The van der Waals surface area contributed by atoms with E-state index in [4.69, 9.17) is 14.2 Å². The molecule has 2 rings (SSSR count). The molecule has 0 saturated carbocycles. The Labute approximate surface area is 127 Å². The number of benzene rings is 1. The highest BCUT2D eigenvalue weighted by Gasteiger charge is 2.24. The maximum atomic E-state index is 13.5. The van der Waals surface area contributed by atoms with E-state index in [9.17, 15) is 13.6 Å². The van der Waals surface area contributed by atoms with Crippen molar-refractivity contribution >= 4 is 12.0 Å². The summed E-state index contributed by atoms with van der Waals surface area (Å²) in [6, 6.07) is 2.12. The first-order valence-electron chi connectivity index (χ1n) is 7.08. The molecular weight excluding hydrogens is 294 g/mol. The van der Waals surface area contributed by atoms with Gasteiger partial charge in [-0.05, 0) is 43.2 Å². The standard InChI is InChI=1S/C16H18F2O4/c1-3-20-16(19)5-4-11-6-14(17)15(18)7-13(11)10(2)21-8-12-9-22-12/h4-7,10,12H,3,8-9H2,1-2H3/b5-4+/t10-,12+/m1/s1. The van der Waals surface area contributed by atoms with Crippen molar-refractivity contribution in [1.82, 2.24) is 0 Å². The molecule has 1 aliphatic rings. The van der Waals surface area contributed by atoms with Gasteiger partial charge in [-0.1, -0.05) is 0 Å². The zero-order valence-electron chi connectivity index (χ0n) is 12.5. The van der Waals surface area contributed by atoms with E-state index in [-0.39, 0.29) is 12.7 Å². The quantitative estimate of drug-likeness (QED) is 0.441. The monoisotopic (exact) mass is 312 g/mol. The molecule has 1 aliphatic heterocycles. The summed E-state index contributed by atoms with van der Waals surface area (Å²) in [7, 11) is 0. The molecule has 0 unspecified atom stereocenters. The topological polar surface area (TPSA) is 48.1 Å². The first-order valence-corrected chi connectivity index (χ1v) is 7.08. The molecule has 1 aromatic rings. The minimum absolute atomic E-state index is 0.0752. The van der Waals surface area contributed by atoms with Crippen molar-refractivity contribution in [1.29, 1.82) is 0 Å². The smallest absolute Gasteiger partial charge is 0.330 e. The van der Waals surface area contributed by atoms with Crippen LogP contribution in [-0.4, -0.2) is 31.9 Å². The van der Waals surface area contributed by atoms with Gasteiger partial charge in [0.05, 0.1) is 25.9 Å². The van der Waals surface area contributed by atoms with E-state index in [1.807, 2.05) is 0 Å². The van der Waals surface area contributed by atoms with E-state index in [2.05, 4.69) is 0 Å². The molecule has 0 N–H and O–H groups in total. The molecule has 2 atom stereocenters. The molecular formula is C16H18F2O4. The third kappa shape index (κ3) is 4.61. The van der Waals surface area contributed by atoms with Crippen LogP contribution >= 0.6 is 0 Å². The highest BCUT2D eigenvalue weighted by molar-refractivity contribution is 5.87. The Balaban J connectivity index is 2.17. The van der Waals surface area contributed by atoms with Crippen LogP contribution in [0.1, 0.15) is 31.1 Å². The van der Waals surface area contributed by atoms with Crippen molar-refractivity contribution < 1.29 is 27.8 Å². The maximum Gasteiger partial charge on any atom is 0.330 e. The Morgan fingerprint density at radius 3 is 2.77 bits per heavy atom. The van der Waals surface area contributed by atoms with Gasteiger partial charge in [-0.25, -0.2) is 13.6 Å². The molecule has 6 heteroatoms. The SMILES string of the molecule is CCOC(=O)/C=C/c1cc(F)c(F)cc1[C@@H](C)OC[C@H]1CO1. The molecule has 0 spiro atoms. The number of rotatable bonds is 7. The molecule has 4 nitrogen and oxygen atoms in total. The summed E-state index contributed by atoms with van der Waals surface area (Å²) in [6.07, 6.45) is 2.19. The minimum Gasteiger partial charge on any atom is -0.463 e. The molecule has 0 aliphatic carbocycles. The van der Waals surface area contributed by atoms with Gasteiger partial charge >= 0.3 is 5.97 Å². The van der Waals surface area contributed by atoms with Crippen molar-refractivity contribution in [2.75, 3.05) is 19.8 Å². The van der Waals surface area contributed by atoms with Crippen LogP contribution in [-0.2, 0) is 19.0 Å². The van der Waals surface area contributed by atoms with Gasteiger partial charge in [0.2, 0.25) is 0 Å². The Hall–Kier alpha value is -1.79. The number of ether oxygens (including phenoxy) is 3. The van der Waals surface area contributed by atoms with Gasteiger partial charge in [0.1, 0.15) is 6.10 Å². The van der Waals surface area contributed by atoms with Crippen molar-refractivity contribution in [3.63, 3.8) is 0 Å². The number of carbonyl (C=O) groups is 1. The number of hydrogen-bond donors (Lipinski definition) is 0. The lowest BCUT2D eigenvalue weighted by atomic mass is 10.0. The van der Waals surface area contributed by atoms with E-state index < -0.39 is 23.7 Å². The minimum atomic E-state index is -0.981. The van der Waals surface area contributed by atoms with E-state index in [0.717, 1.165) is 12.1 Å². The lowest BCUT2D eigenvalue weighted by Gasteiger charge is -2.16. The summed E-state index contributed by atoms with van der Waals surface area (Å²) in [4.78, 5) is 11.3. The molecule has 0 bridgehead atoms. The Kier molecular flexibility index (Phi) is 5.63. The lowest BCUT2D eigenvalue weighted by Crippen LogP contribution is -2.08. The molecule has 0 aromatic heterocycles. The van der Waals surface area contributed by atoms with Crippen LogP contribution in [0.3, 0.4) is 0 Å². The lowest BCUT2D eigenvalue weighted by molar-refractivity contribution is -0.137. The first kappa shape index (κ1) is 16.6. The van der Waals surface area contributed by atoms with Crippen LogP contribution in [0, 0.1) is 11.6 Å². The molecule has 0 radical (unpaired) electrons. The van der Waals surface area contributed by atoms with Gasteiger partial charge in [0.25, 0.3) is 0 Å². The molecule has 1 fully saturated rings. The van der Waals surface area contributed by atoms with E-state index in [1.165, 1.54) is 12.2 Å². The highest BCUT2D eigenvalue weighted by Crippen LogP contribution is 2.26. The molecule has 1 aromatic carbocycles. The fraction of sp³-hybridized carbons (Fsp3) is 0.438. The molecule has 1 heterocycles. The summed E-state index contributed by atoms with van der Waals surface area (Å²) < 4.78 is 42.3. The van der Waals surface area contributed by atoms with Gasteiger partial charge in [-0.3, -0.25) is 0 Å². The number of hydrogen-bond acceptors (Lipinski definition) is 4. The van der Waals surface area contributed by atoms with Crippen molar-refractivity contribution in [2.24, 2.45) is 0 Å². The van der Waals surface area contributed by atoms with Crippen molar-refractivity contribution in [3.05, 3.63) is 41.0 Å². The van der Waals surface area contributed by atoms with E-state index >= 15 is 0 Å². The predicted molar refractivity (Wildman–Crippen MR) is 76.1 cm³/mol. The third-order valence-electron chi connectivity index (χ3n) is 3.18. The van der Waals surface area contributed by atoms with Crippen LogP contribution < -0.4 is 0 Å². The highest BCUT2D eigenvalue weighted by atomic mass is 19.2. The van der Waals surface area contributed by atoms with E-state index in [1.54, 1.807) is 13.8 Å². The molecule has 120 valence electrons. The zero-order chi connectivity index (χ0) is 16.1. The number of epoxide rings is 1. The summed E-state index contributed by atoms with van der Waals surface area (Å²) in [5.41, 5.74) is 0.830. The number of halogens is 2. The Morgan fingerprint density at radius 2 is 2.14 bits per heavy atom. The van der Waals surface area contributed by atoms with Crippen LogP contribution in [0.2, 0.25) is 0 Å². The van der Waals surface area contributed by atoms with Crippen molar-refractivity contribution in [2.45, 2.75) is 26.1 Å². The number of esters is 1. The van der Waals surface area contributed by atoms with E-state index in [0.29, 0.717) is 24.3 Å². The van der Waals surface area contributed by atoms with Crippen LogP contribution in [0.25, 0.3) is 6.08 Å². The fourth-order valence-corrected chi connectivity index (χ4v) is 1.93. The van der Waals surface area contributed by atoms with Gasteiger partial charge in [-0.2, -0.15) is 0 Å². The third-order valence-corrected chi connectivity index (χ3v) is 3.18. The Bertz CT molecular complexity index is 568. The zero-order valence-corrected chi connectivity index (χ0v) is 12.5. The first-order chi connectivity index (χ1) is 10.5. The largest absolute Gasteiger partial charge is 0.463 e. The normalized spacial score (nSPS) is 18.5. The summed E-state index contributed by atoms with van der Waals surface area (Å²) in [6.45, 7) is 4.71. The summed E-state index contributed by atoms with van der Waals surface area (Å²) in [5, 5.41) is 0. The van der Waals surface area contributed by atoms with Gasteiger partial charge < -0.3 is 14.2 Å².